The second kappa shape index (κ2) is 7.27. The molecule has 0 aliphatic rings. The van der Waals surface area contributed by atoms with Gasteiger partial charge in [0.05, 0.1) is 12.1 Å². The predicted molar refractivity (Wildman–Crippen MR) is 80.2 cm³/mol. The molecule has 0 aliphatic heterocycles. The summed E-state index contributed by atoms with van der Waals surface area (Å²) in [4.78, 5) is 3.97. The van der Waals surface area contributed by atoms with Gasteiger partial charge in [-0.3, -0.25) is 4.98 Å². The zero-order chi connectivity index (χ0) is 14.4. The summed E-state index contributed by atoms with van der Waals surface area (Å²) in [5.74, 6) is 0.956. The van der Waals surface area contributed by atoms with E-state index in [-0.39, 0.29) is 12.5 Å². The van der Waals surface area contributed by atoms with Crippen LogP contribution in [-0.4, -0.2) is 23.8 Å². The number of aliphatic hydroxyl groups excluding tert-OH is 1. The summed E-state index contributed by atoms with van der Waals surface area (Å²) < 4.78 is 5.35. The number of methoxy groups -OCH3 is 1. The minimum Gasteiger partial charge on any atom is -0.496 e. The summed E-state index contributed by atoms with van der Waals surface area (Å²) >= 11 is 6.12. The van der Waals surface area contributed by atoms with Gasteiger partial charge in [0.2, 0.25) is 0 Å². The fourth-order valence-corrected chi connectivity index (χ4v) is 2.46. The molecule has 1 aromatic heterocycles. The molecule has 1 unspecified atom stereocenters. The van der Waals surface area contributed by atoms with Crippen LogP contribution in [0.15, 0.2) is 42.7 Å². The first-order valence-corrected chi connectivity index (χ1v) is 6.93. The fourth-order valence-electron chi connectivity index (χ4n) is 2.26. The van der Waals surface area contributed by atoms with E-state index in [1.165, 1.54) is 0 Å². The molecule has 0 saturated heterocycles. The third kappa shape index (κ3) is 3.71. The van der Waals surface area contributed by atoms with Crippen molar-refractivity contribution in [1.29, 1.82) is 0 Å². The van der Waals surface area contributed by atoms with Crippen LogP contribution in [0.25, 0.3) is 0 Å². The quantitative estimate of drug-likeness (QED) is 0.889. The van der Waals surface area contributed by atoms with Gasteiger partial charge in [-0.05, 0) is 42.0 Å². The van der Waals surface area contributed by atoms with Crippen LogP contribution in [-0.2, 0) is 12.8 Å². The van der Waals surface area contributed by atoms with Gasteiger partial charge in [0.25, 0.3) is 0 Å². The van der Waals surface area contributed by atoms with Gasteiger partial charge >= 0.3 is 0 Å². The van der Waals surface area contributed by atoms with Crippen LogP contribution < -0.4 is 4.74 Å². The number of hydrogen-bond donors (Lipinski definition) is 1. The average Bonchev–Trinajstić information content (AvgIpc) is 2.49. The van der Waals surface area contributed by atoms with Crippen molar-refractivity contribution in [1.82, 2.24) is 4.98 Å². The number of aliphatic hydroxyl groups is 1. The third-order valence-corrected chi connectivity index (χ3v) is 3.66. The second-order valence-corrected chi connectivity index (χ2v) is 5.14. The summed E-state index contributed by atoms with van der Waals surface area (Å²) in [6.07, 6.45) is 4.82. The van der Waals surface area contributed by atoms with E-state index in [9.17, 15) is 5.11 Å². The lowest BCUT2D eigenvalue weighted by Crippen LogP contribution is -2.14. The van der Waals surface area contributed by atoms with Crippen molar-refractivity contribution >= 4 is 11.6 Å². The Bertz CT molecular complexity index is 560. The monoisotopic (exact) mass is 291 g/mol. The molecule has 0 radical (unpaired) electrons. The Kier molecular flexibility index (Phi) is 5.39. The maximum atomic E-state index is 9.60. The molecular weight excluding hydrogens is 274 g/mol. The molecule has 0 aliphatic carbocycles. The Morgan fingerprint density at radius 2 is 1.95 bits per heavy atom. The summed E-state index contributed by atoms with van der Waals surface area (Å²) in [7, 11) is 1.66. The number of para-hydroxylation sites is 1. The van der Waals surface area contributed by atoms with E-state index in [0.717, 1.165) is 29.7 Å². The van der Waals surface area contributed by atoms with Crippen molar-refractivity contribution in [2.24, 2.45) is 5.92 Å². The summed E-state index contributed by atoms with van der Waals surface area (Å²) in [6, 6.07) is 9.77. The molecule has 0 saturated carbocycles. The lowest BCUT2D eigenvalue weighted by Gasteiger charge is -2.16. The van der Waals surface area contributed by atoms with Crippen LogP contribution in [0.3, 0.4) is 0 Å². The third-order valence-electron chi connectivity index (χ3n) is 3.32. The van der Waals surface area contributed by atoms with Gasteiger partial charge in [-0.1, -0.05) is 29.8 Å². The van der Waals surface area contributed by atoms with Gasteiger partial charge in [0, 0.05) is 19.0 Å². The number of ether oxygens (including phenoxy) is 1. The van der Waals surface area contributed by atoms with E-state index >= 15 is 0 Å². The first-order chi connectivity index (χ1) is 9.74. The lowest BCUT2D eigenvalue weighted by molar-refractivity contribution is 0.224. The number of rotatable bonds is 6. The number of aromatic nitrogens is 1. The molecule has 1 N–H and O–H groups in total. The maximum absolute atomic E-state index is 9.60. The highest BCUT2D eigenvalue weighted by atomic mass is 35.5. The largest absolute Gasteiger partial charge is 0.496 e. The molecule has 1 aromatic carbocycles. The molecule has 1 atom stereocenters. The first kappa shape index (κ1) is 14.8. The van der Waals surface area contributed by atoms with Gasteiger partial charge in [0.1, 0.15) is 5.75 Å². The molecule has 2 aromatic rings. The van der Waals surface area contributed by atoms with Gasteiger partial charge in [-0.2, -0.15) is 0 Å². The predicted octanol–water partition coefficient (Wildman–Crippen LogP) is 3.14. The van der Waals surface area contributed by atoms with Crippen LogP contribution >= 0.6 is 11.6 Å². The molecule has 4 heteroatoms. The lowest BCUT2D eigenvalue weighted by atomic mass is 9.93. The molecule has 1 heterocycles. The summed E-state index contributed by atoms with van der Waals surface area (Å²) in [6.45, 7) is 0.108. The molecule has 2 rings (SSSR count). The van der Waals surface area contributed by atoms with Gasteiger partial charge in [-0.15, -0.1) is 0 Å². The summed E-state index contributed by atoms with van der Waals surface area (Å²) in [5.41, 5.74) is 2.11. The van der Waals surface area contributed by atoms with Crippen molar-refractivity contribution in [3.8, 4) is 5.75 Å². The van der Waals surface area contributed by atoms with Crippen LogP contribution in [0.4, 0.5) is 0 Å². The van der Waals surface area contributed by atoms with E-state index in [1.54, 1.807) is 19.5 Å². The minimum absolute atomic E-state index is 0.103. The number of hydrogen-bond acceptors (Lipinski definition) is 3. The summed E-state index contributed by atoms with van der Waals surface area (Å²) in [5, 5.41) is 10.2. The zero-order valence-corrected chi connectivity index (χ0v) is 12.2. The molecule has 3 nitrogen and oxygen atoms in total. The standard InChI is InChI=1S/C16H18ClNO2/c1-20-16-5-3-2-4-14(16)9-12(11-19)8-13-6-7-18-10-15(13)17/h2-7,10,12,19H,8-9,11H2,1H3. The Balaban J connectivity index is 2.11. The Labute approximate surface area is 124 Å². The van der Waals surface area contributed by atoms with Gasteiger partial charge in [0.15, 0.2) is 0 Å². The molecule has 0 amide bonds. The average molecular weight is 292 g/mol. The highest BCUT2D eigenvalue weighted by Gasteiger charge is 2.14. The first-order valence-electron chi connectivity index (χ1n) is 6.55. The van der Waals surface area contributed by atoms with Crippen molar-refractivity contribution in [2.75, 3.05) is 13.7 Å². The van der Waals surface area contributed by atoms with E-state index in [4.69, 9.17) is 16.3 Å². The van der Waals surface area contributed by atoms with Crippen LogP contribution in [0.1, 0.15) is 11.1 Å². The van der Waals surface area contributed by atoms with Gasteiger partial charge in [-0.25, -0.2) is 0 Å². The van der Waals surface area contributed by atoms with Crippen LogP contribution in [0.2, 0.25) is 5.02 Å². The molecule has 0 spiro atoms. The maximum Gasteiger partial charge on any atom is 0.122 e. The number of halogens is 1. The number of nitrogens with zero attached hydrogens (tertiary/aromatic N) is 1. The molecule has 0 bridgehead atoms. The molecule has 106 valence electrons. The number of benzene rings is 1. The normalized spacial score (nSPS) is 12.2. The van der Waals surface area contributed by atoms with Crippen molar-refractivity contribution in [3.63, 3.8) is 0 Å². The highest BCUT2D eigenvalue weighted by Crippen LogP contribution is 2.24. The highest BCUT2D eigenvalue weighted by molar-refractivity contribution is 6.31. The minimum atomic E-state index is 0.103. The second-order valence-electron chi connectivity index (χ2n) is 4.74. The van der Waals surface area contributed by atoms with Crippen LogP contribution in [0, 0.1) is 5.92 Å². The van der Waals surface area contributed by atoms with E-state index in [0.29, 0.717) is 5.02 Å². The Morgan fingerprint density at radius 1 is 1.20 bits per heavy atom. The SMILES string of the molecule is COc1ccccc1CC(CO)Cc1ccncc1Cl. The molecule has 20 heavy (non-hydrogen) atoms. The van der Waals surface area contributed by atoms with Crippen molar-refractivity contribution < 1.29 is 9.84 Å². The van der Waals surface area contributed by atoms with Gasteiger partial charge < -0.3 is 9.84 Å². The molecular formula is C16H18ClNO2. The number of pyridine rings is 1. The van der Waals surface area contributed by atoms with E-state index < -0.39 is 0 Å². The Hall–Kier alpha value is -1.58. The fraction of sp³-hybridized carbons (Fsp3) is 0.312. The van der Waals surface area contributed by atoms with E-state index in [1.807, 2.05) is 30.3 Å². The van der Waals surface area contributed by atoms with Crippen molar-refractivity contribution in [3.05, 3.63) is 58.9 Å². The Morgan fingerprint density at radius 3 is 2.65 bits per heavy atom. The topological polar surface area (TPSA) is 42.4 Å². The van der Waals surface area contributed by atoms with Crippen molar-refractivity contribution in [2.45, 2.75) is 12.8 Å². The zero-order valence-electron chi connectivity index (χ0n) is 11.4. The molecule has 0 fully saturated rings. The van der Waals surface area contributed by atoms with E-state index in [2.05, 4.69) is 4.98 Å². The smallest absolute Gasteiger partial charge is 0.122 e. The van der Waals surface area contributed by atoms with Crippen LogP contribution in [0.5, 0.6) is 5.75 Å².